The molecule has 0 spiro atoms. The molecule has 0 saturated heterocycles. The van der Waals surface area contributed by atoms with Gasteiger partial charge in [0.15, 0.2) is 0 Å². The van der Waals surface area contributed by atoms with Crippen molar-refractivity contribution in [1.82, 2.24) is 0 Å². The maximum Gasteiger partial charge on any atom is 0.527 e. The predicted molar refractivity (Wildman–Crippen MR) is 146 cm³/mol. The zero-order chi connectivity index (χ0) is 27.6. The van der Waals surface area contributed by atoms with E-state index in [1.165, 1.54) is 0 Å². The summed E-state index contributed by atoms with van der Waals surface area (Å²) in [5, 5.41) is 10.2. The average Bonchev–Trinajstić information content (AvgIpc) is 2.85. The first kappa shape index (κ1) is 32.1. The van der Waals surface area contributed by atoms with Gasteiger partial charge in [0, 0.05) is 18.8 Å². The van der Waals surface area contributed by atoms with Crippen LogP contribution in [-0.2, 0) is 25.0 Å². The van der Waals surface area contributed by atoms with Crippen molar-refractivity contribution in [3.8, 4) is 11.5 Å². The van der Waals surface area contributed by atoms with Crippen molar-refractivity contribution in [3.05, 3.63) is 22.3 Å². The van der Waals surface area contributed by atoms with Gasteiger partial charge in [-0.3, -0.25) is 9.42 Å². The second-order valence-corrected chi connectivity index (χ2v) is 11.8. The minimum Gasteiger partial charge on any atom is -0.484 e. The van der Waals surface area contributed by atoms with Gasteiger partial charge in [-0.1, -0.05) is 39.5 Å². The highest BCUT2D eigenvalue weighted by atomic mass is 31.2. The van der Waals surface area contributed by atoms with Crippen molar-refractivity contribution < 1.29 is 37.8 Å². The predicted octanol–water partition coefficient (Wildman–Crippen LogP) is 6.35. The summed E-state index contributed by atoms with van der Waals surface area (Å²) in [6.07, 6.45) is 6.45. The molecule has 4 atom stereocenters. The molecule has 0 aliphatic carbocycles. The molecule has 1 aromatic carbocycles. The van der Waals surface area contributed by atoms with Gasteiger partial charge in [-0.05, 0) is 77.0 Å². The monoisotopic (exact) mass is 544 g/mol. The number of phosphoric acid groups is 1. The van der Waals surface area contributed by atoms with Crippen LogP contribution in [0.2, 0.25) is 0 Å². The summed E-state index contributed by atoms with van der Waals surface area (Å²) < 4.78 is 42.0. The van der Waals surface area contributed by atoms with Crippen LogP contribution in [0.25, 0.3) is 0 Å². The highest BCUT2D eigenvalue weighted by Gasteiger charge is 2.39. The number of hydrogen-bond donors (Lipinski definition) is 2. The van der Waals surface area contributed by atoms with E-state index in [0.717, 1.165) is 55.2 Å². The Kier molecular flexibility index (Phi) is 12.9. The molecular weight excluding hydrogens is 495 g/mol. The molecule has 0 bridgehead atoms. The van der Waals surface area contributed by atoms with Crippen molar-refractivity contribution >= 4 is 7.82 Å². The molecule has 0 radical (unpaired) electrons. The molecule has 37 heavy (non-hydrogen) atoms. The molecule has 9 heteroatoms. The number of ether oxygens (including phenoxy) is 3. The minimum atomic E-state index is -4.43. The van der Waals surface area contributed by atoms with E-state index in [-0.39, 0.29) is 6.61 Å². The first-order valence-corrected chi connectivity index (χ1v) is 15.3. The Labute approximate surface area is 223 Å². The molecule has 2 rings (SSSR count). The number of fused-ring (bicyclic) bond motifs is 1. The van der Waals surface area contributed by atoms with E-state index in [0.29, 0.717) is 49.7 Å². The van der Waals surface area contributed by atoms with Crippen molar-refractivity contribution in [2.45, 2.75) is 118 Å². The summed E-state index contributed by atoms with van der Waals surface area (Å²) in [7, 11) is -4.43. The summed E-state index contributed by atoms with van der Waals surface area (Å²) in [6.45, 7) is 14.8. The highest BCUT2D eigenvalue weighted by molar-refractivity contribution is 7.47. The van der Waals surface area contributed by atoms with Gasteiger partial charge < -0.3 is 23.8 Å². The number of benzene rings is 1. The molecule has 3 unspecified atom stereocenters. The van der Waals surface area contributed by atoms with Crippen molar-refractivity contribution in [1.29, 1.82) is 0 Å². The van der Waals surface area contributed by atoms with E-state index in [4.69, 9.17) is 23.3 Å². The van der Waals surface area contributed by atoms with Gasteiger partial charge in [0.05, 0.1) is 19.3 Å². The van der Waals surface area contributed by atoms with E-state index in [9.17, 15) is 14.6 Å². The van der Waals surface area contributed by atoms with E-state index < -0.39 is 25.6 Å². The first-order chi connectivity index (χ1) is 17.5. The lowest BCUT2D eigenvalue weighted by molar-refractivity contribution is -0.0456. The van der Waals surface area contributed by atoms with Crippen LogP contribution in [0.4, 0.5) is 0 Å². The lowest BCUT2D eigenvalue weighted by Crippen LogP contribution is -2.46. The number of unbranched alkanes of at least 4 members (excludes halogenated alkanes) is 4. The average molecular weight is 545 g/mol. The Hall–Kier alpha value is -1.15. The maximum absolute atomic E-state index is 13.0. The van der Waals surface area contributed by atoms with Gasteiger partial charge in [0.1, 0.15) is 23.2 Å². The van der Waals surface area contributed by atoms with Crippen molar-refractivity contribution in [2.24, 2.45) is 0 Å². The lowest BCUT2D eigenvalue weighted by Gasteiger charge is -2.40. The number of phosphoric ester groups is 1. The molecule has 1 aliphatic heterocycles. The lowest BCUT2D eigenvalue weighted by atomic mass is 9.85. The highest BCUT2D eigenvalue weighted by Crippen LogP contribution is 2.50. The second kappa shape index (κ2) is 14.9. The fourth-order valence-electron chi connectivity index (χ4n) is 4.42. The van der Waals surface area contributed by atoms with E-state index >= 15 is 0 Å². The molecule has 0 amide bonds. The molecule has 2 N–H and O–H groups in total. The van der Waals surface area contributed by atoms with Gasteiger partial charge in [0.25, 0.3) is 0 Å². The summed E-state index contributed by atoms with van der Waals surface area (Å²) in [5.41, 5.74) is 2.51. The number of aliphatic hydroxyl groups excluding tert-OH is 1. The van der Waals surface area contributed by atoms with E-state index in [2.05, 4.69) is 13.8 Å². The Morgan fingerprint density at radius 2 is 1.65 bits per heavy atom. The second-order valence-electron chi connectivity index (χ2n) is 10.4. The fourth-order valence-corrected chi connectivity index (χ4v) is 5.33. The van der Waals surface area contributed by atoms with Crippen molar-refractivity contribution in [3.63, 3.8) is 0 Å². The number of aliphatic hydroxyl groups is 1. The maximum atomic E-state index is 13.0. The van der Waals surface area contributed by atoms with Crippen LogP contribution in [0.1, 0.15) is 94.9 Å². The largest absolute Gasteiger partial charge is 0.527 e. The van der Waals surface area contributed by atoms with Crippen LogP contribution < -0.4 is 9.26 Å². The van der Waals surface area contributed by atoms with E-state index in [1.807, 2.05) is 27.7 Å². The van der Waals surface area contributed by atoms with Crippen LogP contribution in [0, 0.1) is 20.8 Å². The quantitative estimate of drug-likeness (QED) is 0.173. The Balaban J connectivity index is 2.10. The van der Waals surface area contributed by atoms with Crippen LogP contribution in [0.15, 0.2) is 0 Å². The number of hydrogen-bond acceptors (Lipinski definition) is 7. The molecule has 214 valence electrons. The Morgan fingerprint density at radius 1 is 1.00 bits per heavy atom. The zero-order valence-electron chi connectivity index (χ0n) is 23.9. The van der Waals surface area contributed by atoms with Gasteiger partial charge in [-0.15, -0.1) is 0 Å². The topological polar surface area (TPSA) is 104 Å². The summed E-state index contributed by atoms with van der Waals surface area (Å²) in [5.74, 6) is 1.05. The summed E-state index contributed by atoms with van der Waals surface area (Å²) in [4.78, 5) is 10.6. The third kappa shape index (κ3) is 9.22. The summed E-state index contributed by atoms with van der Waals surface area (Å²) in [6, 6.07) is 0. The van der Waals surface area contributed by atoms with Gasteiger partial charge in [-0.2, -0.15) is 0 Å². The van der Waals surface area contributed by atoms with Crippen LogP contribution >= 0.6 is 7.82 Å². The SMILES string of the molecule is CCCCCOC[C@H](COP(=O)(O)Oc1c(C)c(C)c2c(c1C)CCC(C)(C(C)O)O2)OCCCCC. The Morgan fingerprint density at radius 3 is 2.27 bits per heavy atom. The molecule has 0 saturated carbocycles. The molecule has 0 fully saturated rings. The molecule has 1 aliphatic rings. The molecule has 1 heterocycles. The Bertz CT molecular complexity index is 903. The molecular formula is C28H49O8P. The molecule has 0 aromatic heterocycles. The first-order valence-electron chi connectivity index (χ1n) is 13.8. The van der Waals surface area contributed by atoms with Crippen LogP contribution in [-0.4, -0.2) is 54.2 Å². The fraction of sp³-hybridized carbons (Fsp3) is 0.786. The summed E-state index contributed by atoms with van der Waals surface area (Å²) >= 11 is 0. The van der Waals surface area contributed by atoms with Gasteiger partial charge >= 0.3 is 7.82 Å². The van der Waals surface area contributed by atoms with Crippen molar-refractivity contribution in [2.75, 3.05) is 26.4 Å². The molecule has 1 aromatic rings. The van der Waals surface area contributed by atoms with Crippen LogP contribution in [0.3, 0.4) is 0 Å². The van der Waals surface area contributed by atoms with Crippen LogP contribution in [0.5, 0.6) is 11.5 Å². The van der Waals surface area contributed by atoms with Gasteiger partial charge in [-0.25, -0.2) is 4.57 Å². The zero-order valence-corrected chi connectivity index (χ0v) is 24.8. The normalized spacial score (nSPS) is 20.6. The smallest absolute Gasteiger partial charge is 0.484 e. The van der Waals surface area contributed by atoms with E-state index in [1.54, 1.807) is 6.92 Å². The molecule has 8 nitrogen and oxygen atoms in total. The van der Waals surface area contributed by atoms with Gasteiger partial charge in [0.2, 0.25) is 0 Å². The number of rotatable bonds is 17. The standard InChI is InChI=1S/C28H49O8P/c1-8-10-12-16-32-18-24(33-17-13-11-9-2)19-34-37(30,31)36-26-20(3)21(4)27-25(22(26)5)14-15-28(7,35-27)23(6)29/h23-24,29H,8-19H2,1-7H3,(H,30,31)/t23?,24-,28?/m1/s1. The minimum absolute atomic E-state index is 0.106. The third-order valence-electron chi connectivity index (χ3n) is 7.33. The third-order valence-corrected chi connectivity index (χ3v) is 8.22.